The van der Waals surface area contributed by atoms with E-state index in [4.69, 9.17) is 14.6 Å². The van der Waals surface area contributed by atoms with Crippen molar-refractivity contribution in [2.45, 2.75) is 0 Å². The van der Waals surface area contributed by atoms with Gasteiger partial charge in [-0.2, -0.15) is 4.39 Å². The normalized spacial score (nSPS) is 10.9. The van der Waals surface area contributed by atoms with Gasteiger partial charge < -0.3 is 14.6 Å². The number of pyridine rings is 1. The first kappa shape index (κ1) is 14.1. The highest BCUT2D eigenvalue weighted by molar-refractivity contribution is 5.90. The van der Waals surface area contributed by atoms with Crippen molar-refractivity contribution in [2.24, 2.45) is 0 Å². The standard InChI is InChI=1S/C17H11FN4O2/c18-13-8-10(3-5-20-13)14-15(11-4-7-23-9-11)21-17(19)22-16(14)12-2-1-6-24-12/h1-9H,(H2,19,21,22). The van der Waals surface area contributed by atoms with Crippen molar-refractivity contribution in [1.82, 2.24) is 15.0 Å². The fraction of sp³-hybridized carbons (Fsp3) is 0. The molecular formula is C17H11FN4O2. The Bertz CT molecular complexity index is 927. The van der Waals surface area contributed by atoms with E-state index in [2.05, 4.69) is 15.0 Å². The molecule has 0 spiro atoms. The predicted octanol–water partition coefficient (Wildman–Crippen LogP) is 3.78. The van der Waals surface area contributed by atoms with E-state index < -0.39 is 5.95 Å². The molecule has 0 saturated heterocycles. The van der Waals surface area contributed by atoms with Crippen molar-refractivity contribution in [3.05, 3.63) is 61.3 Å². The van der Waals surface area contributed by atoms with Gasteiger partial charge in [0.25, 0.3) is 0 Å². The lowest BCUT2D eigenvalue weighted by molar-refractivity contribution is 0.568. The lowest BCUT2D eigenvalue weighted by Gasteiger charge is -2.12. The quantitative estimate of drug-likeness (QED) is 0.577. The van der Waals surface area contributed by atoms with Crippen LogP contribution < -0.4 is 5.73 Å². The van der Waals surface area contributed by atoms with Gasteiger partial charge in [0.1, 0.15) is 5.69 Å². The van der Waals surface area contributed by atoms with Crippen LogP contribution in [0.2, 0.25) is 0 Å². The van der Waals surface area contributed by atoms with Gasteiger partial charge in [-0.05, 0) is 29.8 Å². The second kappa shape index (κ2) is 5.62. The Morgan fingerprint density at radius 1 is 1.00 bits per heavy atom. The highest BCUT2D eigenvalue weighted by Crippen LogP contribution is 2.38. The SMILES string of the molecule is Nc1nc(-c2ccoc2)c(-c2ccnc(F)c2)c(-c2ccco2)n1. The number of nitrogens with zero attached hydrogens (tertiary/aromatic N) is 3. The number of anilines is 1. The maximum atomic E-state index is 13.7. The Hall–Kier alpha value is -3.48. The summed E-state index contributed by atoms with van der Waals surface area (Å²) in [7, 11) is 0. The minimum absolute atomic E-state index is 0.0795. The molecule has 0 fully saturated rings. The van der Waals surface area contributed by atoms with Crippen molar-refractivity contribution < 1.29 is 13.2 Å². The van der Waals surface area contributed by atoms with Crippen LogP contribution in [-0.2, 0) is 0 Å². The Balaban J connectivity index is 2.07. The van der Waals surface area contributed by atoms with Crippen molar-refractivity contribution in [3.8, 4) is 33.8 Å². The highest BCUT2D eigenvalue weighted by Gasteiger charge is 2.21. The molecule has 0 bridgehead atoms. The number of rotatable bonds is 3. The predicted molar refractivity (Wildman–Crippen MR) is 85.0 cm³/mol. The molecule has 24 heavy (non-hydrogen) atoms. The first-order valence-corrected chi connectivity index (χ1v) is 7.08. The fourth-order valence-electron chi connectivity index (χ4n) is 2.51. The lowest BCUT2D eigenvalue weighted by Crippen LogP contribution is -2.02. The maximum absolute atomic E-state index is 13.7. The van der Waals surface area contributed by atoms with Crippen LogP contribution >= 0.6 is 0 Å². The molecule has 4 aromatic heterocycles. The van der Waals surface area contributed by atoms with Crippen molar-refractivity contribution in [3.63, 3.8) is 0 Å². The molecule has 4 heterocycles. The minimum Gasteiger partial charge on any atom is -0.472 e. The molecule has 7 heteroatoms. The first-order valence-electron chi connectivity index (χ1n) is 7.08. The minimum atomic E-state index is -0.604. The third-order valence-electron chi connectivity index (χ3n) is 3.49. The van der Waals surface area contributed by atoms with Crippen molar-refractivity contribution >= 4 is 5.95 Å². The van der Waals surface area contributed by atoms with Gasteiger partial charge in [-0.25, -0.2) is 15.0 Å². The molecule has 0 aliphatic heterocycles. The summed E-state index contributed by atoms with van der Waals surface area (Å²) in [6, 6.07) is 8.22. The number of hydrogen-bond acceptors (Lipinski definition) is 6. The number of nitrogens with two attached hydrogens (primary N) is 1. The molecule has 0 aliphatic rings. The Labute approximate surface area is 135 Å². The zero-order valence-corrected chi connectivity index (χ0v) is 12.3. The molecule has 0 radical (unpaired) electrons. The summed E-state index contributed by atoms with van der Waals surface area (Å²) >= 11 is 0. The molecule has 0 aromatic carbocycles. The summed E-state index contributed by atoms with van der Waals surface area (Å²) in [5, 5.41) is 0. The van der Waals surface area contributed by atoms with Crippen LogP contribution in [0.25, 0.3) is 33.8 Å². The second-order valence-electron chi connectivity index (χ2n) is 5.01. The van der Waals surface area contributed by atoms with Gasteiger partial charge in [0, 0.05) is 23.4 Å². The van der Waals surface area contributed by atoms with E-state index in [1.165, 1.54) is 31.1 Å². The third-order valence-corrected chi connectivity index (χ3v) is 3.49. The van der Waals surface area contributed by atoms with Crippen LogP contribution in [0.1, 0.15) is 0 Å². The van der Waals surface area contributed by atoms with Crippen LogP contribution in [0.3, 0.4) is 0 Å². The van der Waals surface area contributed by atoms with Crippen molar-refractivity contribution in [2.75, 3.05) is 5.73 Å². The third kappa shape index (κ3) is 2.41. The van der Waals surface area contributed by atoms with Gasteiger partial charge in [0.15, 0.2) is 5.76 Å². The number of hydrogen-bond donors (Lipinski definition) is 1. The van der Waals surface area contributed by atoms with Crippen LogP contribution in [0.4, 0.5) is 10.3 Å². The molecule has 6 nitrogen and oxygen atoms in total. The Morgan fingerprint density at radius 2 is 1.88 bits per heavy atom. The molecular weight excluding hydrogens is 311 g/mol. The Morgan fingerprint density at radius 3 is 2.58 bits per heavy atom. The van der Waals surface area contributed by atoms with Crippen LogP contribution in [-0.4, -0.2) is 15.0 Å². The van der Waals surface area contributed by atoms with Gasteiger partial charge in [-0.1, -0.05) is 0 Å². The highest BCUT2D eigenvalue weighted by atomic mass is 19.1. The number of aromatic nitrogens is 3. The zero-order chi connectivity index (χ0) is 16.5. The molecule has 0 atom stereocenters. The molecule has 0 unspecified atom stereocenters. The molecule has 0 aliphatic carbocycles. The van der Waals surface area contributed by atoms with Gasteiger partial charge in [0.05, 0.1) is 24.5 Å². The van der Waals surface area contributed by atoms with E-state index in [9.17, 15) is 4.39 Å². The lowest BCUT2D eigenvalue weighted by atomic mass is 9.98. The fourth-order valence-corrected chi connectivity index (χ4v) is 2.51. The average molecular weight is 322 g/mol. The summed E-state index contributed by atoms with van der Waals surface area (Å²) in [5.74, 6) is -0.0233. The van der Waals surface area contributed by atoms with E-state index in [0.717, 1.165) is 0 Å². The summed E-state index contributed by atoms with van der Waals surface area (Å²) in [5.41, 5.74) is 8.70. The van der Waals surface area contributed by atoms with E-state index >= 15 is 0 Å². The molecule has 4 rings (SSSR count). The number of furan rings is 2. The van der Waals surface area contributed by atoms with Crippen LogP contribution in [0, 0.1) is 5.95 Å². The molecule has 2 N–H and O–H groups in total. The van der Waals surface area contributed by atoms with E-state index in [-0.39, 0.29) is 5.95 Å². The molecule has 4 aromatic rings. The smallest absolute Gasteiger partial charge is 0.221 e. The van der Waals surface area contributed by atoms with Gasteiger partial charge in [-0.15, -0.1) is 0 Å². The second-order valence-corrected chi connectivity index (χ2v) is 5.01. The van der Waals surface area contributed by atoms with E-state index in [1.807, 2.05) is 0 Å². The van der Waals surface area contributed by atoms with Gasteiger partial charge in [0.2, 0.25) is 11.9 Å². The maximum Gasteiger partial charge on any atom is 0.221 e. The van der Waals surface area contributed by atoms with Crippen LogP contribution in [0.15, 0.2) is 64.2 Å². The largest absolute Gasteiger partial charge is 0.472 e. The van der Waals surface area contributed by atoms with Crippen LogP contribution in [0.5, 0.6) is 0 Å². The molecule has 118 valence electrons. The molecule has 0 saturated carbocycles. The van der Waals surface area contributed by atoms with E-state index in [0.29, 0.717) is 33.8 Å². The summed E-state index contributed by atoms with van der Waals surface area (Å²) < 4.78 is 24.3. The zero-order valence-electron chi connectivity index (χ0n) is 12.3. The van der Waals surface area contributed by atoms with Gasteiger partial charge >= 0.3 is 0 Å². The Kier molecular flexibility index (Phi) is 3.31. The van der Waals surface area contributed by atoms with Gasteiger partial charge in [-0.3, -0.25) is 0 Å². The number of halogens is 1. The summed E-state index contributed by atoms with van der Waals surface area (Å²) in [4.78, 5) is 12.2. The molecule has 0 amide bonds. The van der Waals surface area contributed by atoms with Crippen molar-refractivity contribution in [1.29, 1.82) is 0 Å². The number of nitrogen functional groups attached to an aromatic ring is 1. The van der Waals surface area contributed by atoms with E-state index in [1.54, 1.807) is 24.3 Å². The average Bonchev–Trinajstić information content (AvgIpc) is 3.28. The summed E-state index contributed by atoms with van der Waals surface area (Å²) in [6.45, 7) is 0. The topological polar surface area (TPSA) is 91.0 Å². The monoisotopic (exact) mass is 322 g/mol. The summed E-state index contributed by atoms with van der Waals surface area (Å²) in [6.07, 6.45) is 5.97. The first-order chi connectivity index (χ1) is 11.7.